The van der Waals surface area contributed by atoms with E-state index >= 15 is 0 Å². The van der Waals surface area contributed by atoms with Crippen molar-refractivity contribution in [3.05, 3.63) is 28.2 Å². The second-order valence-corrected chi connectivity index (χ2v) is 6.34. The minimum atomic E-state index is -3.31. The molecule has 1 aromatic rings. The molecule has 0 fully saturated rings. The van der Waals surface area contributed by atoms with Gasteiger partial charge in [0.05, 0.1) is 17.3 Å². The summed E-state index contributed by atoms with van der Waals surface area (Å²) in [5.74, 6) is -0.00992. The fraction of sp³-hybridized carbons (Fsp3) is 0.400. The normalized spacial score (nSPS) is 13.8. The molecule has 0 aliphatic carbocycles. The number of benzene rings is 1. The molecule has 0 amide bonds. The van der Waals surface area contributed by atoms with Crippen LogP contribution < -0.4 is 0 Å². The first kappa shape index (κ1) is 13.6. The number of sulfone groups is 1. The average molecular weight is 311 g/mol. The number of aliphatic hydroxyl groups excluding tert-OH is 1. The Morgan fingerprint density at radius 2 is 2.12 bits per heavy atom. The van der Waals surface area contributed by atoms with Gasteiger partial charge in [-0.1, -0.05) is 13.0 Å². The third kappa shape index (κ3) is 2.81. The quantitative estimate of drug-likeness (QED) is 0.928. The van der Waals surface area contributed by atoms with Crippen LogP contribution in [-0.2, 0) is 9.84 Å². The van der Waals surface area contributed by atoms with Crippen LogP contribution in [0.3, 0.4) is 0 Å². The molecule has 1 rings (SSSR count). The molecule has 0 aliphatic rings. The summed E-state index contributed by atoms with van der Waals surface area (Å²) in [5, 5.41) is 8.65. The maximum absolute atomic E-state index is 13.1. The van der Waals surface area contributed by atoms with Crippen LogP contribution >= 0.6 is 15.9 Å². The lowest BCUT2D eigenvalue weighted by Gasteiger charge is -2.09. The molecule has 0 aliphatic heterocycles. The predicted molar refractivity (Wildman–Crippen MR) is 62.8 cm³/mol. The van der Waals surface area contributed by atoms with Gasteiger partial charge in [-0.05, 0) is 33.6 Å². The van der Waals surface area contributed by atoms with E-state index in [-0.39, 0.29) is 16.2 Å². The molecule has 0 aromatic heterocycles. The van der Waals surface area contributed by atoms with Crippen LogP contribution in [-0.4, -0.2) is 25.9 Å². The summed E-state index contributed by atoms with van der Waals surface area (Å²) in [6, 6.07) is 4.10. The molecule has 0 spiro atoms. The number of hydrogen-bond donors (Lipinski definition) is 1. The van der Waals surface area contributed by atoms with E-state index in [0.717, 1.165) is 0 Å². The zero-order valence-corrected chi connectivity index (χ0v) is 11.1. The SMILES string of the molecule is CCS(=O)(=O)c1ccc(C(F)CO)cc1Br. The van der Waals surface area contributed by atoms with Crippen LogP contribution in [0.5, 0.6) is 0 Å². The lowest BCUT2D eigenvalue weighted by atomic mass is 10.1. The van der Waals surface area contributed by atoms with E-state index in [9.17, 15) is 12.8 Å². The zero-order valence-electron chi connectivity index (χ0n) is 8.65. The molecule has 0 bridgehead atoms. The summed E-state index contributed by atoms with van der Waals surface area (Å²) < 4.78 is 36.7. The molecule has 1 N–H and O–H groups in total. The van der Waals surface area contributed by atoms with Crippen LogP contribution in [0.2, 0.25) is 0 Å². The molecule has 1 unspecified atom stereocenters. The summed E-state index contributed by atoms with van der Waals surface area (Å²) in [6.45, 7) is 0.924. The minimum absolute atomic E-state index is 0.00992. The van der Waals surface area contributed by atoms with Crippen molar-refractivity contribution in [2.75, 3.05) is 12.4 Å². The third-order valence-electron chi connectivity index (χ3n) is 2.19. The highest BCUT2D eigenvalue weighted by molar-refractivity contribution is 9.10. The standard InChI is InChI=1S/C10H12BrFO3S/c1-2-16(14,15)10-4-3-7(5-8(10)11)9(12)6-13/h3-5,9,13H,2,6H2,1H3. The average Bonchev–Trinajstić information content (AvgIpc) is 2.27. The molecule has 16 heavy (non-hydrogen) atoms. The maximum Gasteiger partial charge on any atom is 0.179 e. The Bertz CT molecular complexity index is 473. The van der Waals surface area contributed by atoms with Gasteiger partial charge in [0, 0.05) is 4.47 Å². The second kappa shape index (κ2) is 5.25. The van der Waals surface area contributed by atoms with Crippen molar-refractivity contribution in [2.24, 2.45) is 0 Å². The number of aliphatic hydroxyl groups is 1. The molecular formula is C10H12BrFO3S. The van der Waals surface area contributed by atoms with Gasteiger partial charge in [0.2, 0.25) is 0 Å². The van der Waals surface area contributed by atoms with Crippen LogP contribution in [0, 0.1) is 0 Å². The highest BCUT2D eigenvalue weighted by Crippen LogP contribution is 2.27. The van der Waals surface area contributed by atoms with Gasteiger partial charge in [-0.2, -0.15) is 0 Å². The molecule has 0 radical (unpaired) electrons. The Morgan fingerprint density at radius 3 is 2.56 bits per heavy atom. The highest BCUT2D eigenvalue weighted by Gasteiger charge is 2.17. The zero-order chi connectivity index (χ0) is 12.3. The molecule has 0 heterocycles. The van der Waals surface area contributed by atoms with E-state index < -0.39 is 22.6 Å². The molecule has 1 atom stereocenters. The minimum Gasteiger partial charge on any atom is -0.393 e. The largest absolute Gasteiger partial charge is 0.393 e. The Kier molecular flexibility index (Phi) is 4.46. The Hall–Kier alpha value is -0.460. The van der Waals surface area contributed by atoms with Gasteiger partial charge < -0.3 is 5.11 Å². The van der Waals surface area contributed by atoms with E-state index in [0.29, 0.717) is 4.47 Å². The number of alkyl halides is 1. The fourth-order valence-corrected chi connectivity index (χ4v) is 3.30. The third-order valence-corrected chi connectivity index (χ3v) is 4.90. The van der Waals surface area contributed by atoms with Gasteiger partial charge in [0.25, 0.3) is 0 Å². The van der Waals surface area contributed by atoms with Crippen LogP contribution in [0.4, 0.5) is 4.39 Å². The summed E-state index contributed by atoms with van der Waals surface area (Å²) in [5.41, 5.74) is 0.254. The smallest absolute Gasteiger partial charge is 0.179 e. The first-order chi connectivity index (χ1) is 7.42. The summed E-state index contributed by atoms with van der Waals surface area (Å²) in [4.78, 5) is 0.142. The first-order valence-electron chi connectivity index (χ1n) is 4.69. The molecule has 6 heteroatoms. The Labute approximate surface area is 102 Å². The van der Waals surface area contributed by atoms with E-state index in [1.165, 1.54) is 18.2 Å². The topological polar surface area (TPSA) is 54.4 Å². The van der Waals surface area contributed by atoms with E-state index in [2.05, 4.69) is 15.9 Å². The van der Waals surface area contributed by atoms with Gasteiger partial charge in [0.15, 0.2) is 9.84 Å². The molecule has 0 saturated carbocycles. The van der Waals surface area contributed by atoms with Gasteiger partial charge >= 0.3 is 0 Å². The van der Waals surface area contributed by atoms with E-state index in [4.69, 9.17) is 5.11 Å². The van der Waals surface area contributed by atoms with Crippen molar-refractivity contribution in [3.63, 3.8) is 0 Å². The lowest BCUT2D eigenvalue weighted by Crippen LogP contribution is -2.05. The van der Waals surface area contributed by atoms with Gasteiger partial charge in [-0.3, -0.25) is 0 Å². The van der Waals surface area contributed by atoms with Gasteiger partial charge in [0.1, 0.15) is 6.17 Å². The number of rotatable bonds is 4. The summed E-state index contributed by atoms with van der Waals surface area (Å²) in [7, 11) is -3.31. The second-order valence-electron chi connectivity index (χ2n) is 3.24. The Morgan fingerprint density at radius 1 is 1.50 bits per heavy atom. The summed E-state index contributed by atoms with van der Waals surface area (Å²) in [6.07, 6.45) is -1.49. The molecular weight excluding hydrogens is 299 g/mol. The van der Waals surface area contributed by atoms with E-state index in [1.807, 2.05) is 0 Å². The number of halogens is 2. The monoisotopic (exact) mass is 310 g/mol. The molecule has 1 aromatic carbocycles. The van der Waals surface area contributed by atoms with Crippen molar-refractivity contribution in [1.29, 1.82) is 0 Å². The van der Waals surface area contributed by atoms with Crippen molar-refractivity contribution in [1.82, 2.24) is 0 Å². The van der Waals surface area contributed by atoms with Crippen LogP contribution in [0.1, 0.15) is 18.7 Å². The van der Waals surface area contributed by atoms with Crippen molar-refractivity contribution in [2.45, 2.75) is 18.0 Å². The summed E-state index contributed by atoms with van der Waals surface area (Å²) >= 11 is 3.09. The molecule has 0 saturated heterocycles. The van der Waals surface area contributed by atoms with Gasteiger partial charge in [-0.15, -0.1) is 0 Å². The number of hydrogen-bond acceptors (Lipinski definition) is 3. The predicted octanol–water partition coefficient (Wildman–Crippen LogP) is 2.25. The Balaban J connectivity index is 3.20. The first-order valence-corrected chi connectivity index (χ1v) is 7.14. The lowest BCUT2D eigenvalue weighted by molar-refractivity contribution is 0.180. The fourth-order valence-electron chi connectivity index (χ4n) is 1.23. The highest BCUT2D eigenvalue weighted by atomic mass is 79.9. The van der Waals surface area contributed by atoms with Crippen molar-refractivity contribution >= 4 is 25.8 Å². The van der Waals surface area contributed by atoms with Crippen molar-refractivity contribution < 1.29 is 17.9 Å². The van der Waals surface area contributed by atoms with Gasteiger partial charge in [-0.25, -0.2) is 12.8 Å². The van der Waals surface area contributed by atoms with E-state index in [1.54, 1.807) is 6.92 Å². The maximum atomic E-state index is 13.1. The van der Waals surface area contributed by atoms with Crippen molar-refractivity contribution in [3.8, 4) is 0 Å². The molecule has 3 nitrogen and oxygen atoms in total. The molecule has 90 valence electrons. The van der Waals surface area contributed by atoms with Crippen LogP contribution in [0.15, 0.2) is 27.6 Å². The van der Waals surface area contributed by atoms with Crippen LogP contribution in [0.25, 0.3) is 0 Å².